The molecule has 158 valence electrons. The third kappa shape index (κ3) is 4.13. The van der Waals surface area contributed by atoms with Gasteiger partial charge >= 0.3 is 0 Å². The van der Waals surface area contributed by atoms with Crippen molar-refractivity contribution in [3.8, 4) is 0 Å². The molecule has 31 heavy (non-hydrogen) atoms. The van der Waals surface area contributed by atoms with Crippen molar-refractivity contribution in [3.05, 3.63) is 100 Å². The number of nitro groups is 1. The Morgan fingerprint density at radius 3 is 2.26 bits per heavy atom. The Labute approximate surface area is 180 Å². The first-order chi connectivity index (χ1) is 14.9. The normalized spacial score (nSPS) is 16.1. The molecule has 1 N–H and O–H groups in total. The molecule has 9 heteroatoms. The molecule has 4 rings (SSSR count). The van der Waals surface area contributed by atoms with E-state index in [0.29, 0.717) is 11.3 Å². The van der Waals surface area contributed by atoms with E-state index < -0.39 is 21.0 Å². The molecule has 0 bridgehead atoms. The van der Waals surface area contributed by atoms with E-state index in [1.807, 2.05) is 37.3 Å². The first-order valence-corrected chi connectivity index (χ1v) is 11.0. The summed E-state index contributed by atoms with van der Waals surface area (Å²) in [5, 5.41) is 14.1. The van der Waals surface area contributed by atoms with E-state index in [1.54, 1.807) is 36.4 Å². The summed E-state index contributed by atoms with van der Waals surface area (Å²) in [6.07, 6.45) is 0. The Balaban J connectivity index is 1.74. The summed E-state index contributed by atoms with van der Waals surface area (Å²) in [5.41, 5.74) is 2.21. The second kappa shape index (κ2) is 8.19. The van der Waals surface area contributed by atoms with Crippen molar-refractivity contribution >= 4 is 27.4 Å². The zero-order chi connectivity index (χ0) is 22.0. The van der Waals surface area contributed by atoms with Gasteiger partial charge in [0.2, 0.25) is 5.96 Å². The predicted molar refractivity (Wildman–Crippen MR) is 118 cm³/mol. The molecule has 3 aromatic carbocycles. The Kier molecular flexibility index (Phi) is 5.43. The number of nitrogens with one attached hydrogen (secondary N) is 1. The fourth-order valence-electron chi connectivity index (χ4n) is 3.37. The maximum atomic E-state index is 13.6. The number of sulfonamides is 1. The second-order valence-electron chi connectivity index (χ2n) is 7.13. The van der Waals surface area contributed by atoms with Crippen LogP contribution in [0, 0.1) is 17.0 Å². The summed E-state index contributed by atoms with van der Waals surface area (Å²) in [5.74, 6) is 0.204. The van der Waals surface area contributed by atoms with Gasteiger partial charge in [-0.2, -0.15) is 0 Å². The van der Waals surface area contributed by atoms with Crippen LogP contribution < -0.4 is 5.32 Å². The van der Waals surface area contributed by atoms with Crippen molar-refractivity contribution in [1.29, 1.82) is 0 Å². The van der Waals surface area contributed by atoms with Crippen molar-refractivity contribution < 1.29 is 13.3 Å². The lowest BCUT2D eigenvalue weighted by atomic mass is 10.1. The maximum absolute atomic E-state index is 13.6. The van der Waals surface area contributed by atoms with Gasteiger partial charge in [0.25, 0.3) is 15.7 Å². The molecule has 0 fully saturated rings. The van der Waals surface area contributed by atoms with Crippen molar-refractivity contribution in [2.75, 3.05) is 11.9 Å². The Hall–Kier alpha value is -3.72. The highest BCUT2D eigenvalue weighted by Gasteiger charge is 2.39. The highest BCUT2D eigenvalue weighted by Crippen LogP contribution is 2.34. The van der Waals surface area contributed by atoms with Crippen LogP contribution in [0.25, 0.3) is 0 Å². The highest BCUT2D eigenvalue weighted by molar-refractivity contribution is 7.89. The number of nitro benzene ring substituents is 1. The van der Waals surface area contributed by atoms with Crippen LogP contribution in [0.2, 0.25) is 0 Å². The molecule has 0 aliphatic carbocycles. The number of rotatable bonds is 5. The fraction of sp³-hybridized carbons (Fsp3) is 0.136. The minimum absolute atomic E-state index is 0.0572. The van der Waals surface area contributed by atoms with Crippen LogP contribution >= 0.6 is 0 Å². The number of anilines is 1. The minimum atomic E-state index is -3.94. The smallest absolute Gasteiger partial charge is 0.269 e. The summed E-state index contributed by atoms with van der Waals surface area (Å²) in [6.45, 7) is 2.08. The number of hydrogen-bond donors (Lipinski definition) is 1. The molecule has 0 saturated heterocycles. The Bertz CT molecular complexity index is 1220. The topological polar surface area (TPSA) is 105 Å². The van der Waals surface area contributed by atoms with Gasteiger partial charge in [0, 0.05) is 17.8 Å². The first kappa shape index (κ1) is 20.5. The minimum Gasteiger partial charge on any atom is -0.325 e. The van der Waals surface area contributed by atoms with E-state index >= 15 is 0 Å². The third-order valence-electron chi connectivity index (χ3n) is 5.00. The number of non-ortho nitro benzene ring substituents is 1. The average Bonchev–Trinajstić information content (AvgIpc) is 3.19. The molecule has 0 saturated carbocycles. The average molecular weight is 436 g/mol. The molecular formula is C22H20N4O4S. The van der Waals surface area contributed by atoms with E-state index in [-0.39, 0.29) is 23.1 Å². The fourth-order valence-corrected chi connectivity index (χ4v) is 4.94. The van der Waals surface area contributed by atoms with Gasteiger partial charge in [-0.15, -0.1) is 0 Å². The van der Waals surface area contributed by atoms with E-state index in [0.717, 1.165) is 5.56 Å². The van der Waals surface area contributed by atoms with Gasteiger partial charge in [-0.3, -0.25) is 10.1 Å². The van der Waals surface area contributed by atoms with Crippen LogP contribution in [0.15, 0.2) is 88.8 Å². The van der Waals surface area contributed by atoms with Crippen LogP contribution in [-0.2, 0) is 10.0 Å². The number of benzene rings is 3. The maximum Gasteiger partial charge on any atom is 0.269 e. The lowest BCUT2D eigenvalue weighted by Gasteiger charge is -2.28. The van der Waals surface area contributed by atoms with E-state index in [2.05, 4.69) is 10.3 Å². The summed E-state index contributed by atoms with van der Waals surface area (Å²) >= 11 is 0. The van der Waals surface area contributed by atoms with Gasteiger partial charge in [0.1, 0.15) is 0 Å². The predicted octanol–water partition coefficient (Wildman–Crippen LogP) is 4.12. The second-order valence-corrected chi connectivity index (χ2v) is 8.95. The lowest BCUT2D eigenvalue weighted by molar-refractivity contribution is -0.384. The van der Waals surface area contributed by atoms with E-state index in [4.69, 9.17) is 0 Å². The van der Waals surface area contributed by atoms with Crippen LogP contribution in [-0.4, -0.2) is 30.2 Å². The Morgan fingerprint density at radius 2 is 1.65 bits per heavy atom. The summed E-state index contributed by atoms with van der Waals surface area (Å²) in [4.78, 5) is 15.1. The monoisotopic (exact) mass is 436 g/mol. The summed E-state index contributed by atoms with van der Waals surface area (Å²) in [6, 6.07) is 21.0. The van der Waals surface area contributed by atoms with Gasteiger partial charge in [0.15, 0.2) is 0 Å². The van der Waals surface area contributed by atoms with E-state index in [1.165, 1.54) is 16.4 Å². The molecule has 0 amide bonds. The Morgan fingerprint density at radius 1 is 1.00 bits per heavy atom. The molecule has 0 spiro atoms. The van der Waals surface area contributed by atoms with Gasteiger partial charge in [-0.25, -0.2) is 17.7 Å². The zero-order valence-electron chi connectivity index (χ0n) is 16.7. The van der Waals surface area contributed by atoms with Gasteiger partial charge < -0.3 is 5.32 Å². The number of guanidine groups is 1. The highest BCUT2D eigenvalue weighted by atomic mass is 32.2. The van der Waals surface area contributed by atoms with Gasteiger partial charge in [-0.05, 0) is 36.8 Å². The molecule has 1 aliphatic rings. The zero-order valence-corrected chi connectivity index (χ0v) is 17.5. The molecule has 1 atom stereocenters. The molecule has 1 heterocycles. The quantitative estimate of drug-likeness (QED) is 0.479. The number of aliphatic imine (C=N–C) groups is 1. The van der Waals surface area contributed by atoms with Crippen LogP contribution in [0.3, 0.4) is 0 Å². The molecule has 1 unspecified atom stereocenters. The largest absolute Gasteiger partial charge is 0.325 e. The van der Waals surface area contributed by atoms with Gasteiger partial charge in [0.05, 0.1) is 22.4 Å². The lowest BCUT2D eigenvalue weighted by Crippen LogP contribution is -2.40. The van der Waals surface area contributed by atoms with Crippen molar-refractivity contribution in [1.82, 2.24) is 4.31 Å². The third-order valence-corrected chi connectivity index (χ3v) is 6.82. The SMILES string of the molecule is Cc1ccc(S(=O)(=O)N2C(Nc3ccccc3)=NCC2c2ccc([N+](=O)[O-])cc2)cc1. The van der Waals surface area contributed by atoms with Crippen molar-refractivity contribution in [2.45, 2.75) is 17.9 Å². The molecular weight excluding hydrogens is 416 g/mol. The van der Waals surface area contributed by atoms with E-state index in [9.17, 15) is 18.5 Å². The van der Waals surface area contributed by atoms with Crippen LogP contribution in [0.4, 0.5) is 11.4 Å². The summed E-state index contributed by atoms with van der Waals surface area (Å²) < 4.78 is 28.5. The molecule has 8 nitrogen and oxygen atoms in total. The number of aryl methyl sites for hydroxylation is 1. The van der Waals surface area contributed by atoms with Gasteiger partial charge in [-0.1, -0.05) is 48.0 Å². The molecule has 3 aromatic rings. The number of para-hydroxylation sites is 1. The van der Waals surface area contributed by atoms with Crippen LogP contribution in [0.1, 0.15) is 17.2 Å². The number of nitrogens with zero attached hydrogens (tertiary/aromatic N) is 3. The molecule has 0 radical (unpaired) electrons. The van der Waals surface area contributed by atoms with Crippen molar-refractivity contribution in [2.24, 2.45) is 4.99 Å². The van der Waals surface area contributed by atoms with Crippen molar-refractivity contribution in [3.63, 3.8) is 0 Å². The van der Waals surface area contributed by atoms with Crippen LogP contribution in [0.5, 0.6) is 0 Å². The summed E-state index contributed by atoms with van der Waals surface area (Å²) in [7, 11) is -3.94. The molecule has 0 aromatic heterocycles. The first-order valence-electron chi connectivity index (χ1n) is 9.58. The standard InChI is InChI=1S/C22H20N4O4S/c1-16-7-13-20(14-8-16)31(29,30)25-21(17-9-11-19(12-10-17)26(27)28)15-23-22(25)24-18-5-3-2-4-6-18/h2-14,21H,15H2,1H3,(H,23,24). The number of hydrogen-bond acceptors (Lipinski definition) is 6. The molecule has 1 aliphatic heterocycles.